The van der Waals surface area contributed by atoms with Gasteiger partial charge in [0.1, 0.15) is 11.5 Å². The highest BCUT2D eigenvalue weighted by Crippen LogP contribution is 2.32. The molecular formula is C23H22N2O7S. The van der Waals surface area contributed by atoms with Gasteiger partial charge in [-0.25, -0.2) is 8.42 Å². The van der Waals surface area contributed by atoms with Gasteiger partial charge in [-0.3, -0.25) is 9.52 Å². The van der Waals surface area contributed by atoms with Crippen molar-refractivity contribution in [3.8, 4) is 23.0 Å². The quantitative estimate of drug-likeness (QED) is 0.495. The van der Waals surface area contributed by atoms with Crippen LogP contribution in [0.2, 0.25) is 0 Å². The zero-order valence-electron chi connectivity index (χ0n) is 17.7. The number of amides is 1. The lowest BCUT2D eigenvalue weighted by Gasteiger charge is -2.11. The molecule has 33 heavy (non-hydrogen) atoms. The summed E-state index contributed by atoms with van der Waals surface area (Å²) in [5.41, 5.74) is 1.25. The molecule has 0 spiro atoms. The van der Waals surface area contributed by atoms with Crippen molar-refractivity contribution in [1.82, 2.24) is 5.32 Å². The second-order valence-electron chi connectivity index (χ2n) is 7.06. The fourth-order valence-electron chi connectivity index (χ4n) is 3.07. The van der Waals surface area contributed by atoms with Crippen LogP contribution in [-0.4, -0.2) is 34.8 Å². The molecule has 4 rings (SSSR count). The maximum absolute atomic E-state index is 12.6. The Morgan fingerprint density at radius 2 is 1.76 bits per heavy atom. The van der Waals surface area contributed by atoms with Crippen LogP contribution in [0.3, 0.4) is 0 Å². The van der Waals surface area contributed by atoms with Crippen LogP contribution in [0, 0.1) is 0 Å². The van der Waals surface area contributed by atoms with Crippen molar-refractivity contribution < 1.29 is 32.2 Å². The van der Waals surface area contributed by atoms with E-state index >= 15 is 0 Å². The summed E-state index contributed by atoms with van der Waals surface area (Å²) in [5, 5.41) is 2.76. The Bertz CT molecular complexity index is 1240. The first-order valence-electron chi connectivity index (χ1n) is 9.98. The van der Waals surface area contributed by atoms with Gasteiger partial charge in [-0.2, -0.15) is 0 Å². The van der Waals surface area contributed by atoms with E-state index in [1.807, 2.05) is 12.1 Å². The number of benzene rings is 3. The molecule has 0 aromatic heterocycles. The number of hydrogen-bond donors (Lipinski definition) is 2. The van der Waals surface area contributed by atoms with Crippen molar-refractivity contribution in [2.75, 3.05) is 25.2 Å². The van der Waals surface area contributed by atoms with Crippen molar-refractivity contribution in [2.24, 2.45) is 0 Å². The average molecular weight is 471 g/mol. The van der Waals surface area contributed by atoms with Crippen LogP contribution in [0.1, 0.15) is 5.56 Å². The molecule has 0 fully saturated rings. The average Bonchev–Trinajstić information content (AvgIpc) is 3.29. The Morgan fingerprint density at radius 1 is 0.970 bits per heavy atom. The molecule has 2 N–H and O–H groups in total. The molecule has 0 saturated heterocycles. The maximum atomic E-state index is 12.6. The molecule has 3 aromatic carbocycles. The van der Waals surface area contributed by atoms with Gasteiger partial charge in [0, 0.05) is 12.6 Å². The van der Waals surface area contributed by atoms with Crippen LogP contribution in [-0.2, 0) is 21.4 Å². The first-order chi connectivity index (χ1) is 15.9. The molecule has 0 radical (unpaired) electrons. The molecular weight excluding hydrogens is 448 g/mol. The summed E-state index contributed by atoms with van der Waals surface area (Å²) in [6.45, 7) is 0.292. The molecule has 0 atom stereocenters. The topological polar surface area (TPSA) is 112 Å². The SMILES string of the molecule is COc1cccc(NS(=O)(=O)c2ccc(OCC(=O)NCc3ccc4c(c3)OCO4)cc2)c1. The Hall–Kier alpha value is -3.92. The highest BCUT2D eigenvalue weighted by molar-refractivity contribution is 7.92. The van der Waals surface area contributed by atoms with Gasteiger partial charge >= 0.3 is 0 Å². The fourth-order valence-corrected chi connectivity index (χ4v) is 4.12. The number of anilines is 1. The van der Waals surface area contributed by atoms with Crippen LogP contribution >= 0.6 is 0 Å². The molecule has 10 heteroatoms. The van der Waals surface area contributed by atoms with Crippen LogP contribution in [0.5, 0.6) is 23.0 Å². The molecule has 1 amide bonds. The second kappa shape index (κ2) is 9.70. The first kappa shape index (κ1) is 22.3. The monoisotopic (exact) mass is 470 g/mol. The number of methoxy groups -OCH3 is 1. The fraction of sp³-hybridized carbons (Fsp3) is 0.174. The predicted octanol–water partition coefficient (Wildman–Crippen LogP) is 2.92. The number of nitrogens with one attached hydrogen (secondary N) is 2. The standard InChI is InChI=1S/C23H22N2O7S/c1-29-19-4-2-3-17(12-19)25-33(27,28)20-8-6-18(7-9-20)30-14-23(26)24-13-16-5-10-21-22(11-16)32-15-31-21/h2-12,25H,13-15H2,1H3,(H,24,26). The minimum Gasteiger partial charge on any atom is -0.497 e. The smallest absolute Gasteiger partial charge is 0.261 e. The van der Waals surface area contributed by atoms with Crippen LogP contribution in [0.25, 0.3) is 0 Å². The van der Waals surface area contributed by atoms with E-state index in [0.29, 0.717) is 35.2 Å². The van der Waals surface area contributed by atoms with Gasteiger partial charge in [0.15, 0.2) is 18.1 Å². The maximum Gasteiger partial charge on any atom is 0.261 e. The number of sulfonamides is 1. The molecule has 172 valence electrons. The summed E-state index contributed by atoms with van der Waals surface area (Å²) >= 11 is 0. The first-order valence-corrected chi connectivity index (χ1v) is 11.5. The zero-order chi connectivity index (χ0) is 23.3. The van der Waals surface area contributed by atoms with Gasteiger partial charge in [-0.1, -0.05) is 12.1 Å². The van der Waals surface area contributed by atoms with E-state index in [-0.39, 0.29) is 24.2 Å². The lowest BCUT2D eigenvalue weighted by molar-refractivity contribution is -0.123. The highest BCUT2D eigenvalue weighted by atomic mass is 32.2. The number of fused-ring (bicyclic) bond motifs is 1. The molecule has 0 bridgehead atoms. The molecule has 1 heterocycles. The van der Waals surface area contributed by atoms with Gasteiger partial charge in [-0.05, 0) is 54.1 Å². The van der Waals surface area contributed by atoms with E-state index in [1.165, 1.54) is 31.4 Å². The molecule has 1 aliphatic rings. The van der Waals surface area contributed by atoms with Crippen molar-refractivity contribution in [2.45, 2.75) is 11.4 Å². The van der Waals surface area contributed by atoms with E-state index in [1.54, 1.807) is 30.3 Å². The summed E-state index contributed by atoms with van der Waals surface area (Å²) in [5.74, 6) is 1.92. The van der Waals surface area contributed by atoms with Crippen LogP contribution in [0.4, 0.5) is 5.69 Å². The van der Waals surface area contributed by atoms with Crippen molar-refractivity contribution in [3.63, 3.8) is 0 Å². The third kappa shape index (κ3) is 5.66. The normalized spacial score (nSPS) is 12.2. The summed E-state index contributed by atoms with van der Waals surface area (Å²) < 4.78 is 48.8. The minimum atomic E-state index is -3.79. The molecule has 0 saturated carbocycles. The van der Waals surface area contributed by atoms with Gasteiger partial charge in [0.25, 0.3) is 15.9 Å². The van der Waals surface area contributed by atoms with E-state index in [9.17, 15) is 13.2 Å². The Kier molecular flexibility index (Phi) is 6.55. The Labute approximate surface area is 191 Å². The third-order valence-electron chi connectivity index (χ3n) is 4.75. The lowest BCUT2D eigenvalue weighted by Crippen LogP contribution is -2.28. The Morgan fingerprint density at radius 3 is 2.55 bits per heavy atom. The predicted molar refractivity (Wildman–Crippen MR) is 120 cm³/mol. The molecule has 1 aliphatic heterocycles. The largest absolute Gasteiger partial charge is 0.497 e. The summed E-state index contributed by atoms with van der Waals surface area (Å²) in [6, 6.07) is 17.8. The van der Waals surface area contributed by atoms with Gasteiger partial charge in [0.2, 0.25) is 6.79 Å². The van der Waals surface area contributed by atoms with E-state index in [4.69, 9.17) is 18.9 Å². The second-order valence-corrected chi connectivity index (χ2v) is 8.74. The number of carbonyl (C=O) groups is 1. The summed E-state index contributed by atoms with van der Waals surface area (Å²) in [6.07, 6.45) is 0. The van der Waals surface area contributed by atoms with Crippen molar-refractivity contribution in [1.29, 1.82) is 0 Å². The summed E-state index contributed by atoms with van der Waals surface area (Å²) in [7, 11) is -2.29. The molecule has 0 unspecified atom stereocenters. The highest BCUT2D eigenvalue weighted by Gasteiger charge is 2.16. The zero-order valence-corrected chi connectivity index (χ0v) is 18.6. The minimum absolute atomic E-state index is 0.0601. The van der Waals surface area contributed by atoms with E-state index < -0.39 is 10.0 Å². The van der Waals surface area contributed by atoms with Crippen LogP contribution in [0.15, 0.2) is 71.6 Å². The lowest BCUT2D eigenvalue weighted by atomic mass is 10.2. The molecule has 0 aliphatic carbocycles. The van der Waals surface area contributed by atoms with Crippen molar-refractivity contribution in [3.05, 3.63) is 72.3 Å². The third-order valence-corrected chi connectivity index (χ3v) is 6.15. The Balaban J connectivity index is 1.28. The number of ether oxygens (including phenoxy) is 4. The van der Waals surface area contributed by atoms with Gasteiger partial charge in [-0.15, -0.1) is 0 Å². The molecule has 3 aromatic rings. The number of rotatable bonds is 9. The molecule has 9 nitrogen and oxygen atoms in total. The van der Waals surface area contributed by atoms with Crippen molar-refractivity contribution >= 4 is 21.6 Å². The van der Waals surface area contributed by atoms with E-state index in [0.717, 1.165) is 5.56 Å². The number of carbonyl (C=O) groups excluding carboxylic acids is 1. The van der Waals surface area contributed by atoms with Gasteiger partial charge < -0.3 is 24.3 Å². The number of hydrogen-bond acceptors (Lipinski definition) is 7. The van der Waals surface area contributed by atoms with Gasteiger partial charge in [0.05, 0.1) is 17.7 Å². The van der Waals surface area contributed by atoms with Crippen LogP contribution < -0.4 is 29.0 Å². The van der Waals surface area contributed by atoms with E-state index in [2.05, 4.69) is 10.0 Å². The summed E-state index contributed by atoms with van der Waals surface area (Å²) in [4.78, 5) is 12.2.